The van der Waals surface area contributed by atoms with Crippen LogP contribution in [0.2, 0.25) is 0 Å². The molecule has 4 heteroatoms. The minimum Gasteiger partial charge on any atom is -0.380 e. The molecule has 0 aliphatic rings. The maximum absolute atomic E-state index is 11.1. The molecular weight excluding hydrogens is 234 g/mol. The molecule has 0 aromatic heterocycles. The molecule has 17 heavy (non-hydrogen) atoms. The summed E-state index contributed by atoms with van der Waals surface area (Å²) in [6, 6.07) is 8.47. The van der Waals surface area contributed by atoms with Crippen molar-refractivity contribution >= 4 is 10.8 Å². The normalized spacial score (nSPS) is 14.5. The van der Waals surface area contributed by atoms with Gasteiger partial charge in [0.05, 0.1) is 6.61 Å². The Morgan fingerprint density at radius 2 is 2.00 bits per heavy atom. The molecule has 0 spiro atoms. The summed E-state index contributed by atoms with van der Waals surface area (Å²) in [5.74, 6) is 0.687. The zero-order valence-electron chi connectivity index (χ0n) is 10.7. The molecule has 0 aliphatic carbocycles. The topological polar surface area (TPSA) is 38.3 Å². The molecule has 0 fully saturated rings. The standard InChI is InChI=1S/C13H21NO2S/c1-11(10-17(3)15)14-8-12-6-4-5-7-13(12)9-16-2/h4-7,11,14H,8-10H2,1-3H3. The van der Waals surface area contributed by atoms with Gasteiger partial charge in [-0.15, -0.1) is 0 Å². The van der Waals surface area contributed by atoms with Crippen molar-refractivity contribution in [1.29, 1.82) is 0 Å². The zero-order chi connectivity index (χ0) is 12.7. The van der Waals surface area contributed by atoms with Gasteiger partial charge in [0.1, 0.15) is 0 Å². The monoisotopic (exact) mass is 255 g/mol. The van der Waals surface area contributed by atoms with Gasteiger partial charge in [-0.1, -0.05) is 24.3 Å². The van der Waals surface area contributed by atoms with Crippen molar-refractivity contribution in [2.24, 2.45) is 0 Å². The fraction of sp³-hybridized carbons (Fsp3) is 0.538. The summed E-state index contributed by atoms with van der Waals surface area (Å²) >= 11 is 0. The average Bonchev–Trinajstić information content (AvgIpc) is 2.27. The number of benzene rings is 1. The highest BCUT2D eigenvalue weighted by molar-refractivity contribution is 7.84. The van der Waals surface area contributed by atoms with Crippen LogP contribution in [-0.4, -0.2) is 29.4 Å². The number of rotatable bonds is 7. The van der Waals surface area contributed by atoms with E-state index < -0.39 is 10.8 Å². The lowest BCUT2D eigenvalue weighted by Crippen LogP contribution is -2.30. The Hall–Kier alpha value is -0.710. The SMILES string of the molecule is COCc1ccccc1CNC(C)CS(C)=O. The average molecular weight is 255 g/mol. The van der Waals surface area contributed by atoms with E-state index in [-0.39, 0.29) is 6.04 Å². The number of hydrogen-bond acceptors (Lipinski definition) is 3. The van der Waals surface area contributed by atoms with Gasteiger partial charge in [-0.3, -0.25) is 4.21 Å². The summed E-state index contributed by atoms with van der Waals surface area (Å²) in [6.07, 6.45) is 1.73. The molecule has 1 N–H and O–H groups in total. The van der Waals surface area contributed by atoms with Crippen LogP contribution in [0.3, 0.4) is 0 Å². The van der Waals surface area contributed by atoms with Crippen LogP contribution in [0.25, 0.3) is 0 Å². The predicted octanol–water partition coefficient (Wildman–Crippen LogP) is 1.69. The van der Waals surface area contributed by atoms with Gasteiger partial charge in [0.25, 0.3) is 0 Å². The van der Waals surface area contributed by atoms with E-state index in [0.29, 0.717) is 12.4 Å². The molecule has 1 rings (SSSR count). The Bertz CT molecular complexity index is 368. The van der Waals surface area contributed by atoms with Crippen LogP contribution in [0.1, 0.15) is 18.1 Å². The van der Waals surface area contributed by atoms with Crippen LogP contribution >= 0.6 is 0 Å². The number of ether oxygens (including phenoxy) is 1. The van der Waals surface area contributed by atoms with Gasteiger partial charge in [-0.25, -0.2) is 0 Å². The fourth-order valence-corrected chi connectivity index (χ4v) is 2.54. The largest absolute Gasteiger partial charge is 0.380 e. The molecule has 2 atom stereocenters. The molecule has 0 aliphatic heterocycles. The van der Waals surface area contributed by atoms with E-state index in [0.717, 1.165) is 6.54 Å². The smallest absolute Gasteiger partial charge is 0.0716 e. The fourth-order valence-electron chi connectivity index (χ4n) is 1.72. The van der Waals surface area contributed by atoms with E-state index in [1.54, 1.807) is 13.4 Å². The Labute approximate surface area is 106 Å². The van der Waals surface area contributed by atoms with E-state index >= 15 is 0 Å². The van der Waals surface area contributed by atoms with Crippen molar-refractivity contribution in [3.8, 4) is 0 Å². The summed E-state index contributed by atoms with van der Waals surface area (Å²) in [4.78, 5) is 0. The van der Waals surface area contributed by atoms with Gasteiger partial charge in [0.2, 0.25) is 0 Å². The van der Waals surface area contributed by atoms with Gasteiger partial charge in [-0.05, 0) is 18.1 Å². The lowest BCUT2D eigenvalue weighted by molar-refractivity contribution is 0.184. The number of hydrogen-bond donors (Lipinski definition) is 1. The number of methoxy groups -OCH3 is 1. The minimum atomic E-state index is -0.749. The summed E-state index contributed by atoms with van der Waals surface area (Å²) in [7, 11) is 0.952. The maximum atomic E-state index is 11.1. The zero-order valence-corrected chi connectivity index (χ0v) is 11.5. The molecule has 0 bridgehead atoms. The molecule has 0 saturated heterocycles. The van der Waals surface area contributed by atoms with E-state index in [4.69, 9.17) is 4.74 Å². The van der Waals surface area contributed by atoms with Crippen molar-refractivity contribution < 1.29 is 8.95 Å². The Kier molecular flexibility index (Phi) is 6.40. The van der Waals surface area contributed by atoms with Gasteiger partial charge in [0.15, 0.2) is 0 Å². The van der Waals surface area contributed by atoms with Crippen molar-refractivity contribution in [2.75, 3.05) is 19.1 Å². The van der Waals surface area contributed by atoms with Crippen molar-refractivity contribution in [3.63, 3.8) is 0 Å². The lowest BCUT2D eigenvalue weighted by Gasteiger charge is -2.14. The van der Waals surface area contributed by atoms with Crippen molar-refractivity contribution in [1.82, 2.24) is 5.32 Å². The third-order valence-corrected chi connectivity index (χ3v) is 3.51. The summed E-state index contributed by atoms with van der Waals surface area (Å²) < 4.78 is 16.2. The highest BCUT2D eigenvalue weighted by Gasteiger charge is 2.06. The molecule has 1 aromatic carbocycles. The summed E-state index contributed by atoms with van der Waals surface area (Å²) in [5, 5.41) is 3.38. The quantitative estimate of drug-likeness (QED) is 0.806. The molecule has 3 nitrogen and oxygen atoms in total. The predicted molar refractivity (Wildman–Crippen MR) is 72.4 cm³/mol. The second-order valence-electron chi connectivity index (χ2n) is 4.22. The first-order chi connectivity index (χ1) is 8.13. The van der Waals surface area contributed by atoms with Crippen LogP contribution in [0, 0.1) is 0 Å². The summed E-state index contributed by atoms with van der Waals surface area (Å²) in [5.41, 5.74) is 2.44. The maximum Gasteiger partial charge on any atom is 0.0716 e. The molecule has 96 valence electrons. The van der Waals surface area contributed by atoms with Crippen LogP contribution in [0.15, 0.2) is 24.3 Å². The molecular formula is C13H21NO2S. The third kappa shape index (κ3) is 5.44. The van der Waals surface area contributed by atoms with E-state index in [1.165, 1.54) is 11.1 Å². The minimum absolute atomic E-state index is 0.261. The van der Waals surface area contributed by atoms with Crippen molar-refractivity contribution in [3.05, 3.63) is 35.4 Å². The van der Waals surface area contributed by atoms with E-state index in [9.17, 15) is 4.21 Å². The molecule has 0 heterocycles. The van der Waals surface area contributed by atoms with E-state index in [2.05, 4.69) is 24.4 Å². The van der Waals surface area contributed by atoms with Gasteiger partial charge < -0.3 is 10.1 Å². The first-order valence-electron chi connectivity index (χ1n) is 5.72. The second-order valence-corrected chi connectivity index (χ2v) is 5.70. The molecule has 2 unspecified atom stereocenters. The van der Waals surface area contributed by atoms with Crippen LogP contribution in [0.4, 0.5) is 0 Å². The summed E-state index contributed by atoms with van der Waals surface area (Å²) in [6.45, 7) is 3.48. The van der Waals surface area contributed by atoms with Gasteiger partial charge >= 0.3 is 0 Å². The van der Waals surface area contributed by atoms with Gasteiger partial charge in [0, 0.05) is 42.5 Å². The van der Waals surface area contributed by atoms with Crippen LogP contribution in [-0.2, 0) is 28.7 Å². The molecule has 0 saturated carbocycles. The second kappa shape index (κ2) is 7.58. The molecule has 1 aromatic rings. The van der Waals surface area contributed by atoms with Crippen LogP contribution in [0.5, 0.6) is 0 Å². The molecule has 0 amide bonds. The Morgan fingerprint density at radius 1 is 1.35 bits per heavy atom. The Morgan fingerprint density at radius 3 is 2.59 bits per heavy atom. The third-order valence-electron chi connectivity index (χ3n) is 2.54. The first kappa shape index (κ1) is 14.4. The number of nitrogens with one attached hydrogen (secondary N) is 1. The highest BCUT2D eigenvalue weighted by atomic mass is 32.2. The van der Waals surface area contributed by atoms with Crippen molar-refractivity contribution in [2.45, 2.75) is 26.1 Å². The lowest BCUT2D eigenvalue weighted by atomic mass is 10.1. The van der Waals surface area contributed by atoms with Crippen LogP contribution < -0.4 is 5.32 Å². The van der Waals surface area contributed by atoms with Gasteiger partial charge in [-0.2, -0.15) is 0 Å². The first-order valence-corrected chi connectivity index (χ1v) is 7.45. The van der Waals surface area contributed by atoms with E-state index in [1.807, 2.05) is 12.1 Å². The highest BCUT2D eigenvalue weighted by Crippen LogP contribution is 2.09. The Balaban J connectivity index is 2.53. The molecule has 0 radical (unpaired) electrons.